The number of nitrogens with two attached hydrogens (primary N) is 1. The van der Waals surface area contributed by atoms with Crippen LogP contribution in [0.3, 0.4) is 0 Å². The number of nitrogens with zero attached hydrogens (tertiary/aromatic N) is 2. The summed E-state index contributed by atoms with van der Waals surface area (Å²) in [5.74, 6) is -1.36. The fourth-order valence-electron chi connectivity index (χ4n) is 1.96. The van der Waals surface area contributed by atoms with Crippen molar-refractivity contribution in [1.82, 2.24) is 4.90 Å². The largest absolute Gasteiger partial charge is 0.409 e. The molecule has 0 spiro atoms. The van der Waals surface area contributed by atoms with Crippen molar-refractivity contribution in [1.29, 1.82) is 0 Å². The van der Waals surface area contributed by atoms with Crippen LogP contribution < -0.4 is 5.73 Å². The predicted molar refractivity (Wildman–Crippen MR) is 60.3 cm³/mol. The third-order valence-electron chi connectivity index (χ3n) is 2.94. The molecule has 17 heavy (non-hydrogen) atoms. The summed E-state index contributed by atoms with van der Waals surface area (Å²) in [4.78, 5) is 13.4. The average Bonchev–Trinajstić information content (AvgIpc) is 2.58. The third kappa shape index (κ3) is 2.86. The van der Waals surface area contributed by atoms with Crippen LogP contribution in [0.2, 0.25) is 0 Å². The molecule has 0 aromatic heterocycles. The summed E-state index contributed by atoms with van der Waals surface area (Å²) in [6.07, 6.45) is -1.86. The molecule has 7 nitrogen and oxygen atoms in total. The number of aliphatic hydroxyl groups is 2. The summed E-state index contributed by atoms with van der Waals surface area (Å²) < 4.78 is 0. The van der Waals surface area contributed by atoms with Crippen LogP contribution in [0.4, 0.5) is 0 Å². The number of β-amino-alcohol motifs (C(OH)–C–C–N with tert-alkyl or cyclic N) is 2. The number of hydrogen-bond acceptors (Lipinski definition) is 5. The Morgan fingerprint density at radius 1 is 1.35 bits per heavy atom. The molecule has 3 unspecified atom stereocenters. The van der Waals surface area contributed by atoms with Gasteiger partial charge in [0.15, 0.2) is 5.84 Å². The highest BCUT2D eigenvalue weighted by Crippen LogP contribution is 2.19. The molecule has 1 rings (SSSR count). The number of aliphatic hydroxyl groups excluding tert-OH is 2. The minimum absolute atomic E-state index is 0.0714. The minimum atomic E-state index is -0.931. The maximum atomic E-state index is 12.1. The number of hydrogen-bond donors (Lipinski definition) is 4. The third-order valence-corrected chi connectivity index (χ3v) is 2.94. The van der Waals surface area contributed by atoms with Crippen LogP contribution in [0.25, 0.3) is 0 Å². The second-order valence-electron chi connectivity index (χ2n) is 4.62. The Hall–Kier alpha value is -1.34. The van der Waals surface area contributed by atoms with Crippen molar-refractivity contribution in [2.45, 2.75) is 26.1 Å². The minimum Gasteiger partial charge on any atom is -0.409 e. The van der Waals surface area contributed by atoms with Crippen molar-refractivity contribution in [2.75, 3.05) is 13.1 Å². The molecule has 1 fully saturated rings. The Morgan fingerprint density at radius 3 is 2.18 bits per heavy atom. The number of likely N-dealkylation sites (tertiary alicyclic amines) is 1. The molecule has 1 saturated heterocycles. The lowest BCUT2D eigenvalue weighted by molar-refractivity contribution is -0.134. The Bertz CT molecular complexity index is 309. The Balaban J connectivity index is 2.80. The van der Waals surface area contributed by atoms with Crippen molar-refractivity contribution in [3.8, 4) is 0 Å². The molecule has 5 N–H and O–H groups in total. The highest BCUT2D eigenvalue weighted by molar-refractivity contribution is 6.02. The fraction of sp³-hybridized carbons (Fsp3) is 0.800. The number of amides is 1. The molecule has 0 aromatic carbocycles. The lowest BCUT2D eigenvalue weighted by atomic mass is 9.93. The molecule has 0 aromatic rings. The molecule has 0 bridgehead atoms. The van der Waals surface area contributed by atoms with Crippen molar-refractivity contribution >= 4 is 11.7 Å². The summed E-state index contributed by atoms with van der Waals surface area (Å²) in [7, 11) is 0. The molecule has 1 aliphatic heterocycles. The van der Waals surface area contributed by atoms with Gasteiger partial charge in [-0.25, -0.2) is 0 Å². The van der Waals surface area contributed by atoms with Crippen LogP contribution in [-0.2, 0) is 4.79 Å². The van der Waals surface area contributed by atoms with E-state index in [9.17, 15) is 15.0 Å². The second-order valence-corrected chi connectivity index (χ2v) is 4.62. The predicted octanol–water partition coefficient (Wildman–Crippen LogP) is -1.43. The number of carbonyl (C=O) groups excluding carboxylic acids is 1. The SMILES string of the molecule is CC(C)C(C(=O)N1CC(O)C(O)C1)C(N)=NO. The van der Waals surface area contributed by atoms with Gasteiger partial charge in [0, 0.05) is 13.1 Å². The van der Waals surface area contributed by atoms with Gasteiger partial charge in [0.1, 0.15) is 5.92 Å². The quantitative estimate of drug-likeness (QED) is 0.210. The van der Waals surface area contributed by atoms with Gasteiger partial charge in [-0.3, -0.25) is 4.79 Å². The van der Waals surface area contributed by atoms with Crippen LogP contribution in [0.1, 0.15) is 13.8 Å². The Labute approximate surface area is 99.5 Å². The van der Waals surface area contributed by atoms with E-state index in [0.717, 1.165) is 0 Å². The highest BCUT2D eigenvalue weighted by atomic mass is 16.4. The molecule has 0 saturated carbocycles. The summed E-state index contributed by atoms with van der Waals surface area (Å²) in [5, 5.41) is 30.3. The van der Waals surface area contributed by atoms with E-state index in [2.05, 4.69) is 5.16 Å². The molecular formula is C10H19N3O4. The van der Waals surface area contributed by atoms with E-state index in [0.29, 0.717) is 0 Å². The topological polar surface area (TPSA) is 119 Å². The standard InChI is InChI=1S/C10H19N3O4/c1-5(2)8(9(11)12-17)10(16)13-3-6(14)7(15)4-13/h5-8,14-15,17H,3-4H2,1-2H3,(H2,11,12). The van der Waals surface area contributed by atoms with Gasteiger partial charge in [0.2, 0.25) is 5.91 Å². The van der Waals surface area contributed by atoms with E-state index >= 15 is 0 Å². The first-order valence-electron chi connectivity index (χ1n) is 5.50. The lowest BCUT2D eigenvalue weighted by Gasteiger charge is -2.24. The van der Waals surface area contributed by atoms with Crippen molar-refractivity contribution in [3.05, 3.63) is 0 Å². The number of oxime groups is 1. The van der Waals surface area contributed by atoms with Crippen LogP contribution in [-0.4, -0.2) is 57.4 Å². The van der Waals surface area contributed by atoms with E-state index in [4.69, 9.17) is 10.9 Å². The number of amidine groups is 1. The Kier molecular flexibility index (Phi) is 4.30. The normalized spacial score (nSPS) is 27.6. The van der Waals surface area contributed by atoms with Crippen molar-refractivity contribution in [2.24, 2.45) is 22.7 Å². The summed E-state index contributed by atoms with van der Waals surface area (Å²) in [5.41, 5.74) is 5.48. The monoisotopic (exact) mass is 245 g/mol. The summed E-state index contributed by atoms with van der Waals surface area (Å²) in [6.45, 7) is 3.71. The molecule has 1 amide bonds. The van der Waals surface area contributed by atoms with Crippen LogP contribution >= 0.6 is 0 Å². The first-order valence-corrected chi connectivity index (χ1v) is 5.50. The Morgan fingerprint density at radius 2 is 1.82 bits per heavy atom. The molecule has 3 atom stereocenters. The average molecular weight is 245 g/mol. The van der Waals surface area contributed by atoms with Gasteiger partial charge < -0.3 is 26.1 Å². The van der Waals surface area contributed by atoms with Gasteiger partial charge in [-0.05, 0) is 5.92 Å². The van der Waals surface area contributed by atoms with E-state index in [1.165, 1.54) is 4.90 Å². The summed E-state index contributed by atoms with van der Waals surface area (Å²) in [6, 6.07) is 0. The molecule has 0 aliphatic carbocycles. The van der Waals surface area contributed by atoms with E-state index in [-0.39, 0.29) is 30.8 Å². The smallest absolute Gasteiger partial charge is 0.233 e. The van der Waals surface area contributed by atoms with Crippen molar-refractivity contribution in [3.63, 3.8) is 0 Å². The second kappa shape index (κ2) is 5.33. The zero-order valence-electron chi connectivity index (χ0n) is 9.95. The first kappa shape index (κ1) is 13.7. The molecule has 0 radical (unpaired) electrons. The molecular weight excluding hydrogens is 226 g/mol. The fourth-order valence-corrected chi connectivity index (χ4v) is 1.96. The van der Waals surface area contributed by atoms with E-state index < -0.39 is 18.1 Å². The maximum Gasteiger partial charge on any atom is 0.233 e. The molecule has 98 valence electrons. The van der Waals surface area contributed by atoms with Crippen molar-refractivity contribution < 1.29 is 20.2 Å². The van der Waals surface area contributed by atoms with Gasteiger partial charge in [0.25, 0.3) is 0 Å². The van der Waals surface area contributed by atoms with Crippen LogP contribution in [0.5, 0.6) is 0 Å². The number of rotatable bonds is 3. The van der Waals surface area contributed by atoms with Crippen LogP contribution in [0, 0.1) is 11.8 Å². The maximum absolute atomic E-state index is 12.1. The van der Waals surface area contributed by atoms with Gasteiger partial charge >= 0.3 is 0 Å². The zero-order valence-corrected chi connectivity index (χ0v) is 9.95. The highest BCUT2D eigenvalue weighted by Gasteiger charge is 2.38. The van der Waals surface area contributed by atoms with Crippen LogP contribution in [0.15, 0.2) is 5.16 Å². The first-order chi connectivity index (χ1) is 7.88. The molecule has 1 heterocycles. The summed E-state index contributed by atoms with van der Waals surface area (Å²) >= 11 is 0. The zero-order chi connectivity index (χ0) is 13.2. The lowest BCUT2D eigenvalue weighted by Crippen LogP contribution is -2.43. The van der Waals surface area contributed by atoms with Gasteiger partial charge in [-0.15, -0.1) is 0 Å². The van der Waals surface area contributed by atoms with Gasteiger partial charge in [-0.1, -0.05) is 19.0 Å². The molecule has 7 heteroatoms. The number of carbonyl (C=O) groups is 1. The van der Waals surface area contributed by atoms with E-state index in [1.54, 1.807) is 13.8 Å². The van der Waals surface area contributed by atoms with E-state index in [1.807, 2.05) is 0 Å². The van der Waals surface area contributed by atoms with Gasteiger partial charge in [-0.2, -0.15) is 0 Å². The van der Waals surface area contributed by atoms with Gasteiger partial charge in [0.05, 0.1) is 12.2 Å². The molecule has 1 aliphatic rings.